The van der Waals surface area contributed by atoms with Gasteiger partial charge >= 0.3 is 0 Å². The molecule has 0 atom stereocenters. The first kappa shape index (κ1) is 14.1. The van der Waals surface area contributed by atoms with Gasteiger partial charge in [0, 0.05) is 25.5 Å². The molecule has 0 saturated heterocycles. The highest BCUT2D eigenvalue weighted by molar-refractivity contribution is 5.90. The van der Waals surface area contributed by atoms with Gasteiger partial charge < -0.3 is 14.2 Å². The van der Waals surface area contributed by atoms with E-state index in [0.717, 1.165) is 47.8 Å². The zero-order valence-corrected chi connectivity index (χ0v) is 13.7. The molecule has 118 valence electrons. The van der Waals surface area contributed by atoms with Gasteiger partial charge in [-0.2, -0.15) is 0 Å². The van der Waals surface area contributed by atoms with Gasteiger partial charge in [-0.05, 0) is 49.6 Å². The molecule has 5 heteroatoms. The number of benzene rings is 1. The van der Waals surface area contributed by atoms with E-state index in [2.05, 4.69) is 26.6 Å². The Morgan fingerprint density at radius 3 is 2.87 bits per heavy atom. The van der Waals surface area contributed by atoms with Crippen molar-refractivity contribution in [2.45, 2.75) is 19.8 Å². The Bertz CT molecular complexity index is 884. The highest BCUT2D eigenvalue weighted by atomic mass is 16.5. The van der Waals surface area contributed by atoms with Crippen molar-refractivity contribution >= 4 is 22.5 Å². The molecule has 0 spiro atoms. The van der Waals surface area contributed by atoms with Crippen LogP contribution in [-0.2, 0) is 13.5 Å². The molecule has 0 aliphatic carbocycles. The van der Waals surface area contributed by atoms with E-state index in [4.69, 9.17) is 9.72 Å². The van der Waals surface area contributed by atoms with Crippen LogP contribution in [0.25, 0.3) is 11.0 Å². The second-order valence-electron chi connectivity index (χ2n) is 6.00. The van der Waals surface area contributed by atoms with E-state index in [0.29, 0.717) is 0 Å². The van der Waals surface area contributed by atoms with Crippen LogP contribution in [0.2, 0.25) is 0 Å². The Kier molecular flexibility index (Phi) is 3.22. The van der Waals surface area contributed by atoms with Crippen LogP contribution in [0.5, 0.6) is 5.75 Å². The average Bonchev–Trinajstić information content (AvgIpc) is 2.94. The number of ether oxygens (including phenoxy) is 1. The van der Waals surface area contributed by atoms with Crippen LogP contribution in [-0.4, -0.2) is 28.2 Å². The van der Waals surface area contributed by atoms with Crippen LogP contribution in [0.1, 0.15) is 17.8 Å². The van der Waals surface area contributed by atoms with Gasteiger partial charge in [0.05, 0.1) is 12.6 Å². The summed E-state index contributed by atoms with van der Waals surface area (Å²) >= 11 is 0. The van der Waals surface area contributed by atoms with E-state index < -0.39 is 0 Å². The second-order valence-corrected chi connectivity index (χ2v) is 6.00. The van der Waals surface area contributed by atoms with E-state index in [1.165, 1.54) is 11.3 Å². The molecule has 0 saturated carbocycles. The zero-order valence-electron chi connectivity index (χ0n) is 13.7. The zero-order chi connectivity index (χ0) is 16.0. The lowest BCUT2D eigenvalue weighted by molar-refractivity contribution is 0.414. The lowest BCUT2D eigenvalue weighted by atomic mass is 10.0. The number of nitrogens with zero attached hydrogens (tertiary/aromatic N) is 4. The molecule has 2 aromatic heterocycles. The fourth-order valence-corrected chi connectivity index (χ4v) is 3.39. The molecule has 3 heterocycles. The molecule has 0 unspecified atom stereocenters. The third-order valence-corrected chi connectivity index (χ3v) is 4.47. The monoisotopic (exact) mass is 308 g/mol. The van der Waals surface area contributed by atoms with Gasteiger partial charge in [0.25, 0.3) is 0 Å². The van der Waals surface area contributed by atoms with Crippen LogP contribution < -0.4 is 9.64 Å². The van der Waals surface area contributed by atoms with E-state index in [1.807, 2.05) is 32.3 Å². The predicted molar refractivity (Wildman–Crippen MR) is 91.6 cm³/mol. The summed E-state index contributed by atoms with van der Waals surface area (Å²) in [7, 11) is 3.76. The van der Waals surface area contributed by atoms with Gasteiger partial charge in [0.15, 0.2) is 5.82 Å². The summed E-state index contributed by atoms with van der Waals surface area (Å²) in [5, 5.41) is 0. The third-order valence-electron chi connectivity index (χ3n) is 4.47. The maximum absolute atomic E-state index is 5.37. The second kappa shape index (κ2) is 5.26. The number of hydrogen-bond acceptors (Lipinski definition) is 4. The molecular weight excluding hydrogens is 288 g/mol. The minimum absolute atomic E-state index is 0.805. The molecule has 0 bridgehead atoms. The lowest BCUT2D eigenvalue weighted by Gasteiger charge is -2.31. The van der Waals surface area contributed by atoms with Gasteiger partial charge in [0.1, 0.15) is 17.1 Å². The fraction of sp³-hybridized carbons (Fsp3) is 0.333. The fourth-order valence-electron chi connectivity index (χ4n) is 3.39. The van der Waals surface area contributed by atoms with Crippen LogP contribution in [0, 0.1) is 6.92 Å². The van der Waals surface area contributed by atoms with Crippen molar-refractivity contribution in [3.8, 4) is 5.75 Å². The Morgan fingerprint density at radius 2 is 2.04 bits per heavy atom. The molecule has 4 rings (SSSR count). The smallest absolute Gasteiger partial charge is 0.161 e. The minimum Gasteiger partial charge on any atom is -0.497 e. The van der Waals surface area contributed by atoms with Crippen molar-refractivity contribution in [3.05, 3.63) is 41.9 Å². The Hall–Kier alpha value is -2.56. The quantitative estimate of drug-likeness (QED) is 0.728. The highest BCUT2D eigenvalue weighted by Crippen LogP contribution is 2.37. The number of hydrogen-bond donors (Lipinski definition) is 0. The summed E-state index contributed by atoms with van der Waals surface area (Å²) in [4.78, 5) is 11.6. The number of aryl methyl sites for hydroxylation is 3. The molecular formula is C18H20N4O. The molecule has 0 radical (unpaired) electrons. The largest absolute Gasteiger partial charge is 0.497 e. The Labute approximate surface area is 135 Å². The number of rotatable bonds is 2. The Balaban J connectivity index is 1.92. The standard InChI is InChI=1S/C18H20N4O/c1-12-19-15-8-10-21(2)17(15)18(20-12)22-9-4-5-13-11-14(23-3)6-7-16(13)22/h6-8,10-11H,4-5,9H2,1-3H3. The first-order valence-electron chi connectivity index (χ1n) is 7.91. The lowest BCUT2D eigenvalue weighted by Crippen LogP contribution is -2.26. The van der Waals surface area contributed by atoms with Gasteiger partial charge in [-0.15, -0.1) is 0 Å². The van der Waals surface area contributed by atoms with E-state index >= 15 is 0 Å². The van der Waals surface area contributed by atoms with E-state index in [-0.39, 0.29) is 0 Å². The molecule has 3 aromatic rings. The first-order chi connectivity index (χ1) is 11.2. The van der Waals surface area contributed by atoms with Crippen LogP contribution >= 0.6 is 0 Å². The van der Waals surface area contributed by atoms with Crippen molar-refractivity contribution < 1.29 is 4.74 Å². The molecule has 1 aromatic carbocycles. The van der Waals surface area contributed by atoms with Crippen molar-refractivity contribution in [3.63, 3.8) is 0 Å². The summed E-state index contributed by atoms with van der Waals surface area (Å²) in [6.07, 6.45) is 4.22. The number of methoxy groups -OCH3 is 1. The molecule has 5 nitrogen and oxygen atoms in total. The molecule has 0 N–H and O–H groups in total. The average molecular weight is 308 g/mol. The predicted octanol–water partition coefficient (Wildman–Crippen LogP) is 3.37. The summed E-state index contributed by atoms with van der Waals surface area (Å²) in [6.45, 7) is 2.92. The first-order valence-corrected chi connectivity index (χ1v) is 7.91. The summed E-state index contributed by atoms with van der Waals surface area (Å²) < 4.78 is 7.47. The van der Waals surface area contributed by atoms with Crippen molar-refractivity contribution in [2.75, 3.05) is 18.6 Å². The summed E-state index contributed by atoms with van der Waals surface area (Å²) in [5.41, 5.74) is 4.61. The van der Waals surface area contributed by atoms with E-state index in [9.17, 15) is 0 Å². The molecule has 0 amide bonds. The molecule has 1 aliphatic heterocycles. The minimum atomic E-state index is 0.805. The molecule has 1 aliphatic rings. The molecule has 23 heavy (non-hydrogen) atoms. The van der Waals surface area contributed by atoms with Gasteiger partial charge in [-0.25, -0.2) is 9.97 Å². The highest BCUT2D eigenvalue weighted by Gasteiger charge is 2.23. The van der Waals surface area contributed by atoms with Gasteiger partial charge in [-0.1, -0.05) is 0 Å². The SMILES string of the molecule is COc1ccc2c(c1)CCCN2c1nc(C)nc2ccn(C)c12. The normalized spacial score (nSPS) is 14.1. The van der Waals surface area contributed by atoms with Crippen LogP contribution in [0.15, 0.2) is 30.5 Å². The summed E-state index contributed by atoms with van der Waals surface area (Å²) in [6, 6.07) is 8.34. The third kappa shape index (κ3) is 2.23. The maximum atomic E-state index is 5.37. The van der Waals surface area contributed by atoms with Crippen molar-refractivity contribution in [1.29, 1.82) is 0 Å². The van der Waals surface area contributed by atoms with Crippen LogP contribution in [0.3, 0.4) is 0 Å². The number of anilines is 2. The molecule has 0 fully saturated rings. The topological polar surface area (TPSA) is 43.2 Å². The van der Waals surface area contributed by atoms with E-state index in [1.54, 1.807) is 7.11 Å². The number of fused-ring (bicyclic) bond motifs is 2. The van der Waals surface area contributed by atoms with Crippen LogP contribution in [0.4, 0.5) is 11.5 Å². The maximum Gasteiger partial charge on any atom is 0.161 e. The van der Waals surface area contributed by atoms with Gasteiger partial charge in [-0.3, -0.25) is 0 Å². The van der Waals surface area contributed by atoms with Crippen molar-refractivity contribution in [1.82, 2.24) is 14.5 Å². The van der Waals surface area contributed by atoms with Crippen molar-refractivity contribution in [2.24, 2.45) is 7.05 Å². The van der Waals surface area contributed by atoms with Gasteiger partial charge in [0.2, 0.25) is 0 Å². The number of aromatic nitrogens is 3. The summed E-state index contributed by atoms with van der Waals surface area (Å²) in [5.74, 6) is 2.71. The Morgan fingerprint density at radius 1 is 1.17 bits per heavy atom.